The number of Topliss-reactive ketones (excluding diaryl/α,β-unsaturated/α-hetero) is 2. The monoisotopic (exact) mass is 508 g/mol. The number of halogens is 1. The van der Waals surface area contributed by atoms with Gasteiger partial charge in [-0.3, -0.25) is 19.2 Å². The predicted octanol–water partition coefficient (Wildman–Crippen LogP) is 5.42. The molecule has 0 radical (unpaired) electrons. The number of rotatable bonds is 6. The molecule has 0 unspecified atom stereocenters. The molecule has 4 saturated carbocycles. The van der Waals surface area contributed by atoms with Crippen LogP contribution in [0.15, 0.2) is 0 Å². The minimum absolute atomic E-state index is 0.122. The quantitative estimate of drug-likeness (QED) is 0.351. The Morgan fingerprint density at radius 3 is 2.23 bits per heavy atom. The molecular formula is C28H41ClO6. The highest BCUT2D eigenvalue weighted by Gasteiger charge is 2.73. The van der Waals surface area contributed by atoms with Gasteiger partial charge in [0.25, 0.3) is 0 Å². The van der Waals surface area contributed by atoms with E-state index in [1.807, 2.05) is 6.92 Å². The van der Waals surface area contributed by atoms with E-state index in [4.69, 9.17) is 21.1 Å². The van der Waals surface area contributed by atoms with E-state index in [1.165, 1.54) is 0 Å². The summed E-state index contributed by atoms with van der Waals surface area (Å²) in [6.07, 6.45) is 5.95. The molecular weight excluding hydrogens is 468 g/mol. The Labute approximate surface area is 214 Å². The lowest BCUT2D eigenvalue weighted by molar-refractivity contribution is -0.231. The number of carbonyl (C=O) groups is 4. The molecule has 35 heavy (non-hydrogen) atoms. The van der Waals surface area contributed by atoms with Crippen LogP contribution in [0.1, 0.15) is 98.8 Å². The van der Waals surface area contributed by atoms with E-state index in [9.17, 15) is 19.2 Å². The first-order valence-corrected chi connectivity index (χ1v) is 14.0. The van der Waals surface area contributed by atoms with E-state index in [0.29, 0.717) is 31.6 Å². The average molecular weight is 509 g/mol. The number of alkyl halides is 1. The topological polar surface area (TPSA) is 86.7 Å². The van der Waals surface area contributed by atoms with Crippen molar-refractivity contribution in [3.63, 3.8) is 0 Å². The molecule has 0 N–H and O–H groups in total. The number of ether oxygens (including phenoxy) is 2. The molecule has 0 aliphatic heterocycles. The fraction of sp³-hybridized carbons (Fsp3) is 0.857. The first-order chi connectivity index (χ1) is 16.4. The van der Waals surface area contributed by atoms with E-state index in [1.54, 1.807) is 13.8 Å². The van der Waals surface area contributed by atoms with Crippen LogP contribution in [0.4, 0.5) is 0 Å². The number of hydrogen-bond donors (Lipinski definition) is 0. The molecule has 7 heteroatoms. The number of fused-ring (bicyclic) bond motifs is 5. The van der Waals surface area contributed by atoms with Crippen molar-refractivity contribution in [3.05, 3.63) is 0 Å². The molecule has 4 rings (SSSR count). The van der Waals surface area contributed by atoms with Crippen molar-refractivity contribution in [1.82, 2.24) is 0 Å². The van der Waals surface area contributed by atoms with Crippen LogP contribution >= 0.6 is 11.6 Å². The summed E-state index contributed by atoms with van der Waals surface area (Å²) in [6, 6.07) is 0. The standard InChI is InChI=1S/C28H41ClO6/c1-6-23(32)34-27-13-9-19-20(25(27,4)11-8-18(30)15-27)10-12-26(5)21(19)14-17(3)28(26,22(31)16-29)35-24(33)7-2/h17,19-21H,6-16H2,1-5H3/t17-,19+,20-,21-,25+,26-,27+,28+/m0/s1. The van der Waals surface area contributed by atoms with Gasteiger partial charge >= 0.3 is 11.9 Å². The van der Waals surface area contributed by atoms with Crippen molar-refractivity contribution in [2.75, 3.05) is 5.88 Å². The molecule has 8 atom stereocenters. The zero-order valence-corrected chi connectivity index (χ0v) is 22.7. The Morgan fingerprint density at radius 2 is 1.60 bits per heavy atom. The summed E-state index contributed by atoms with van der Waals surface area (Å²) in [5, 5.41) is 0. The van der Waals surface area contributed by atoms with Crippen molar-refractivity contribution in [2.45, 2.75) is 110 Å². The van der Waals surface area contributed by atoms with Crippen molar-refractivity contribution in [1.29, 1.82) is 0 Å². The second-order valence-electron chi connectivity index (χ2n) is 12.1. The minimum atomic E-state index is -1.20. The summed E-state index contributed by atoms with van der Waals surface area (Å²) in [4.78, 5) is 51.1. The number of hydrogen-bond acceptors (Lipinski definition) is 6. The van der Waals surface area contributed by atoms with Gasteiger partial charge in [-0.15, -0.1) is 11.6 Å². The number of esters is 2. The van der Waals surface area contributed by atoms with E-state index < -0.39 is 16.6 Å². The van der Waals surface area contributed by atoms with Crippen LogP contribution in [-0.2, 0) is 28.7 Å². The molecule has 0 aromatic rings. The molecule has 6 nitrogen and oxygen atoms in total. The average Bonchev–Trinajstić information content (AvgIpc) is 3.06. The van der Waals surface area contributed by atoms with Gasteiger partial charge in [0.1, 0.15) is 11.4 Å². The smallest absolute Gasteiger partial charge is 0.306 e. The molecule has 0 bridgehead atoms. The van der Waals surface area contributed by atoms with Gasteiger partial charge in [-0.1, -0.05) is 34.6 Å². The Balaban J connectivity index is 1.74. The Hall–Kier alpha value is -1.43. The van der Waals surface area contributed by atoms with Gasteiger partial charge < -0.3 is 9.47 Å². The largest absolute Gasteiger partial charge is 0.458 e. The predicted molar refractivity (Wildman–Crippen MR) is 132 cm³/mol. The summed E-state index contributed by atoms with van der Waals surface area (Å²) < 4.78 is 12.3. The first-order valence-electron chi connectivity index (χ1n) is 13.5. The third-order valence-corrected chi connectivity index (χ3v) is 11.1. The molecule has 0 aromatic carbocycles. The maximum Gasteiger partial charge on any atom is 0.306 e. The van der Waals surface area contributed by atoms with Crippen LogP contribution < -0.4 is 0 Å². The van der Waals surface area contributed by atoms with Gasteiger partial charge in [-0.25, -0.2) is 0 Å². The molecule has 0 heterocycles. The Kier molecular flexibility index (Phi) is 6.96. The third kappa shape index (κ3) is 3.63. The van der Waals surface area contributed by atoms with Crippen molar-refractivity contribution in [2.24, 2.45) is 34.5 Å². The van der Waals surface area contributed by atoms with Crippen LogP contribution in [0, 0.1) is 34.5 Å². The van der Waals surface area contributed by atoms with Crippen molar-refractivity contribution in [3.8, 4) is 0 Å². The lowest BCUT2D eigenvalue weighted by Crippen LogP contribution is -2.66. The Bertz CT molecular complexity index is 917. The fourth-order valence-electron chi connectivity index (χ4n) is 9.05. The molecule has 4 aliphatic rings. The van der Waals surface area contributed by atoms with E-state index in [2.05, 4.69) is 13.8 Å². The van der Waals surface area contributed by atoms with Gasteiger partial charge in [-0.05, 0) is 56.3 Å². The van der Waals surface area contributed by atoms with Crippen LogP contribution in [0.3, 0.4) is 0 Å². The van der Waals surface area contributed by atoms with E-state index >= 15 is 0 Å². The number of ketones is 2. The lowest BCUT2D eigenvalue weighted by atomic mass is 9.43. The molecule has 4 fully saturated rings. The highest BCUT2D eigenvalue weighted by Crippen LogP contribution is 2.71. The molecule has 0 saturated heterocycles. The maximum absolute atomic E-state index is 13.4. The molecule has 4 aliphatic carbocycles. The van der Waals surface area contributed by atoms with Gasteiger partial charge in [0, 0.05) is 42.4 Å². The molecule has 0 aromatic heterocycles. The zero-order valence-electron chi connectivity index (χ0n) is 21.9. The highest BCUT2D eigenvalue weighted by molar-refractivity contribution is 6.29. The summed E-state index contributed by atoms with van der Waals surface area (Å²) in [5.41, 5.74) is -2.73. The van der Waals surface area contributed by atoms with Gasteiger partial charge in [0.05, 0.1) is 5.88 Å². The summed E-state index contributed by atoms with van der Waals surface area (Å²) in [7, 11) is 0. The normalized spacial score (nSPS) is 44.6. The minimum Gasteiger partial charge on any atom is -0.458 e. The van der Waals surface area contributed by atoms with Crippen molar-refractivity contribution < 1.29 is 28.7 Å². The molecule has 0 amide bonds. The van der Waals surface area contributed by atoms with Gasteiger partial charge in [0.2, 0.25) is 0 Å². The van der Waals surface area contributed by atoms with Crippen molar-refractivity contribution >= 4 is 35.1 Å². The zero-order chi connectivity index (χ0) is 25.8. The SMILES string of the molecule is CCC(=O)O[C@@]12CC[C@H]3[C@@H]4C[C@H](C)[C@@](OC(=O)CC)(C(=O)CCl)[C@@]4(C)CC[C@@H]3[C@@]1(C)CCC(=O)C2. The van der Waals surface area contributed by atoms with E-state index in [-0.39, 0.29) is 59.0 Å². The second kappa shape index (κ2) is 9.15. The first kappa shape index (κ1) is 26.6. The summed E-state index contributed by atoms with van der Waals surface area (Å²) in [6.45, 7) is 9.94. The Morgan fingerprint density at radius 1 is 0.943 bits per heavy atom. The molecule has 0 spiro atoms. The summed E-state index contributed by atoms with van der Waals surface area (Å²) in [5.74, 6) is -0.106. The van der Waals surface area contributed by atoms with Crippen LogP contribution in [-0.4, -0.2) is 40.6 Å². The second-order valence-corrected chi connectivity index (χ2v) is 12.4. The van der Waals surface area contributed by atoms with Crippen LogP contribution in [0.5, 0.6) is 0 Å². The van der Waals surface area contributed by atoms with Crippen LogP contribution in [0.2, 0.25) is 0 Å². The van der Waals surface area contributed by atoms with Gasteiger partial charge in [0.15, 0.2) is 11.4 Å². The lowest BCUT2D eigenvalue weighted by Gasteiger charge is -2.64. The fourth-order valence-corrected chi connectivity index (χ4v) is 9.25. The molecule has 196 valence electrons. The van der Waals surface area contributed by atoms with E-state index in [0.717, 1.165) is 32.1 Å². The number of carbonyl (C=O) groups excluding carboxylic acids is 4. The summed E-state index contributed by atoms with van der Waals surface area (Å²) >= 11 is 6.13. The third-order valence-electron chi connectivity index (χ3n) is 10.8. The van der Waals surface area contributed by atoms with Gasteiger partial charge in [-0.2, -0.15) is 0 Å². The highest BCUT2D eigenvalue weighted by atomic mass is 35.5. The maximum atomic E-state index is 13.4. The van der Waals surface area contributed by atoms with Crippen LogP contribution in [0.25, 0.3) is 0 Å².